The van der Waals surface area contributed by atoms with E-state index in [0.717, 1.165) is 19.2 Å². The normalized spacial score (nSPS) is 37.6. The third kappa shape index (κ3) is 7.25. The van der Waals surface area contributed by atoms with Crippen LogP contribution in [-0.2, 0) is 53.9 Å². The SMILES string of the molecule is COC(=O)C(O)(c1cc2c(c3oc(C4(C)OC4C)cc(=O)c13)C(=O)c1c(ccc(C3C[C@](C)(N(C)C)C(OC4CC(OC)C(O)C(C)O4)C(C)O3)c1O)C2=O)C1OC(C)C(O)C(OC)C1O. The smallest absolute Gasteiger partial charge is 0.345 e. The van der Waals surface area contributed by atoms with E-state index in [1.165, 1.54) is 33.3 Å². The van der Waals surface area contributed by atoms with Gasteiger partial charge in [-0.15, -0.1) is 0 Å². The fraction of sp³-hybridized carbons (Fsp3) is 0.617. The third-order valence-corrected chi connectivity index (χ3v) is 14.8. The molecule has 15 unspecified atom stereocenters. The van der Waals surface area contributed by atoms with Crippen molar-refractivity contribution >= 4 is 28.5 Å². The van der Waals surface area contributed by atoms with Crippen LogP contribution in [0.4, 0.5) is 0 Å². The molecule has 0 bridgehead atoms. The maximum atomic E-state index is 15.1. The number of rotatable bonds is 10. The Bertz CT molecular complexity index is 2510. The van der Waals surface area contributed by atoms with Gasteiger partial charge in [-0.1, -0.05) is 6.07 Å². The molecule has 1 aliphatic carbocycles. The van der Waals surface area contributed by atoms with Gasteiger partial charge in [0.2, 0.25) is 11.4 Å². The van der Waals surface area contributed by atoms with Gasteiger partial charge < -0.3 is 72.7 Å². The largest absolute Gasteiger partial charge is 0.507 e. The van der Waals surface area contributed by atoms with Crippen LogP contribution in [0.5, 0.6) is 5.75 Å². The molecular formula is C47H59NO18. The molecule has 5 heterocycles. The Morgan fingerprint density at radius 3 is 2.12 bits per heavy atom. The summed E-state index contributed by atoms with van der Waals surface area (Å²) < 4.78 is 53.2. The molecule has 0 spiro atoms. The van der Waals surface area contributed by atoms with Crippen molar-refractivity contribution in [1.29, 1.82) is 0 Å². The summed E-state index contributed by atoms with van der Waals surface area (Å²) in [7, 11) is 7.41. The van der Waals surface area contributed by atoms with E-state index in [2.05, 4.69) is 0 Å². The van der Waals surface area contributed by atoms with Gasteiger partial charge in [-0.05, 0) is 74.2 Å². The number of esters is 1. The molecule has 4 fully saturated rings. The molecule has 19 heteroatoms. The molecule has 5 N–H and O–H groups in total. The van der Waals surface area contributed by atoms with Crippen molar-refractivity contribution in [2.75, 3.05) is 35.4 Å². The lowest BCUT2D eigenvalue weighted by Gasteiger charge is -2.52. The van der Waals surface area contributed by atoms with Crippen LogP contribution in [0, 0.1) is 0 Å². The average Bonchev–Trinajstić information content (AvgIpc) is 3.91. The van der Waals surface area contributed by atoms with Gasteiger partial charge in [0.05, 0.1) is 60.2 Å². The minimum atomic E-state index is -3.10. The zero-order chi connectivity index (χ0) is 48.3. The minimum Gasteiger partial charge on any atom is -0.507 e. The van der Waals surface area contributed by atoms with Gasteiger partial charge in [-0.25, -0.2) is 4.79 Å². The van der Waals surface area contributed by atoms with Gasteiger partial charge in [-0.3, -0.25) is 14.4 Å². The molecule has 16 atom stereocenters. The van der Waals surface area contributed by atoms with Crippen molar-refractivity contribution in [1.82, 2.24) is 4.90 Å². The molecule has 8 rings (SSSR count). The Hall–Kier alpha value is -4.22. The number of benzene rings is 2. The predicted octanol–water partition coefficient (Wildman–Crippen LogP) is 1.86. The molecule has 0 amide bonds. The number of ether oxygens (including phenoxy) is 8. The number of phenols is 1. The second-order valence-electron chi connectivity index (χ2n) is 18.8. The zero-order valence-electron chi connectivity index (χ0n) is 38.7. The minimum absolute atomic E-state index is 0.0334. The summed E-state index contributed by atoms with van der Waals surface area (Å²) in [5, 5.41) is 57.3. The maximum absolute atomic E-state index is 15.1. The molecule has 19 nitrogen and oxygen atoms in total. The topological polar surface area (TPSA) is 263 Å². The molecular weight excluding hydrogens is 867 g/mol. The second-order valence-corrected chi connectivity index (χ2v) is 18.8. The number of carbonyl (C=O) groups is 3. The fourth-order valence-corrected chi connectivity index (χ4v) is 10.4. The van der Waals surface area contributed by atoms with E-state index < -0.39 is 158 Å². The van der Waals surface area contributed by atoms with Gasteiger partial charge in [0.25, 0.3) is 0 Å². The van der Waals surface area contributed by atoms with E-state index in [0.29, 0.717) is 0 Å². The molecule has 360 valence electrons. The molecule has 1 aromatic heterocycles. The zero-order valence-corrected chi connectivity index (χ0v) is 38.7. The summed E-state index contributed by atoms with van der Waals surface area (Å²) in [6, 6.07) is 4.93. The number of aliphatic hydroxyl groups is 4. The number of aliphatic hydroxyl groups excluding tert-OH is 3. The number of hydrogen-bond acceptors (Lipinski definition) is 19. The number of methoxy groups -OCH3 is 3. The number of hydrogen-bond donors (Lipinski definition) is 5. The van der Waals surface area contributed by atoms with Gasteiger partial charge >= 0.3 is 5.97 Å². The highest BCUT2D eigenvalue weighted by Gasteiger charge is 2.60. The number of fused-ring (bicyclic) bond motifs is 4. The van der Waals surface area contributed by atoms with Crippen molar-refractivity contribution in [2.45, 2.75) is 151 Å². The molecule has 5 aliphatic rings. The van der Waals surface area contributed by atoms with Gasteiger partial charge in [0.1, 0.15) is 53.7 Å². The number of ketones is 2. The first kappa shape index (κ1) is 48.2. The van der Waals surface area contributed by atoms with Crippen molar-refractivity contribution < 1.29 is 82.2 Å². The number of likely N-dealkylation sites (N-methyl/N-ethyl adjacent to an activating group) is 1. The number of carbonyl (C=O) groups excluding carboxylic acids is 3. The second kappa shape index (κ2) is 17.1. The van der Waals surface area contributed by atoms with Crippen molar-refractivity contribution in [3.63, 3.8) is 0 Å². The van der Waals surface area contributed by atoms with E-state index in [1.54, 1.807) is 20.8 Å². The number of nitrogens with zero attached hydrogens (tertiary/aromatic N) is 1. The summed E-state index contributed by atoms with van der Waals surface area (Å²) in [6.07, 6.45) is -12.6. The quantitative estimate of drug-likeness (QED) is 0.112. The molecule has 3 aromatic rings. The Morgan fingerprint density at radius 1 is 0.848 bits per heavy atom. The standard InChI is InChI=1S/C47H59NO18/c1-18-34(50)27(58-9)16-30(62-18)65-42-20(3)61-28(17-45(42,5)48(7)8)22-12-13-23-31(37(22)53)38(54)32-24(36(23)52)14-25(33-26(49)15-29(64-40(32)33)46(6)21(4)66-46)47(57,44(56)60-11)43-39(55)41(59-10)35(51)19(2)63-43/h12-15,18-21,27-28,30,34-35,39,41-43,50-51,53,55,57H,16-17H2,1-11H3/t18?,19?,20?,21?,27?,28?,30?,34?,35?,39?,41?,42?,43?,45-,46?,47?/m0/s1. The lowest BCUT2D eigenvalue weighted by atomic mass is 9.74. The molecule has 66 heavy (non-hydrogen) atoms. The summed E-state index contributed by atoms with van der Waals surface area (Å²) in [5.41, 5.74) is -8.32. The van der Waals surface area contributed by atoms with Gasteiger partial charge in [0.15, 0.2) is 23.1 Å². The molecule has 2 aromatic carbocycles. The first-order chi connectivity index (χ1) is 31.0. The summed E-state index contributed by atoms with van der Waals surface area (Å²) in [6.45, 7) is 10.3. The monoisotopic (exact) mass is 925 g/mol. The third-order valence-electron chi connectivity index (χ3n) is 14.8. The van der Waals surface area contributed by atoms with Gasteiger partial charge in [-0.2, -0.15) is 0 Å². The Labute approximate surface area is 380 Å². The lowest BCUT2D eigenvalue weighted by molar-refractivity contribution is -0.300. The highest BCUT2D eigenvalue weighted by atomic mass is 16.7. The Balaban J connectivity index is 1.25. The summed E-state index contributed by atoms with van der Waals surface area (Å²) in [4.78, 5) is 60.5. The van der Waals surface area contributed by atoms with Crippen LogP contribution in [0.1, 0.15) is 109 Å². The first-order valence-electron chi connectivity index (χ1n) is 22.0. The summed E-state index contributed by atoms with van der Waals surface area (Å²) >= 11 is 0. The van der Waals surface area contributed by atoms with E-state index in [4.69, 9.17) is 42.3 Å². The van der Waals surface area contributed by atoms with Crippen LogP contribution in [0.2, 0.25) is 0 Å². The van der Waals surface area contributed by atoms with E-state index >= 15 is 4.79 Å². The molecule has 0 saturated carbocycles. The number of phenolic OH excluding ortho intramolecular Hbond substituents is 1. The average molecular weight is 926 g/mol. The highest BCUT2D eigenvalue weighted by molar-refractivity contribution is 6.32. The number of aromatic hydroxyl groups is 1. The van der Waals surface area contributed by atoms with Crippen LogP contribution in [-0.4, -0.2) is 162 Å². The van der Waals surface area contributed by atoms with E-state index in [-0.39, 0.29) is 29.7 Å². The first-order valence-corrected chi connectivity index (χ1v) is 22.0. The fourth-order valence-electron chi connectivity index (χ4n) is 10.4. The van der Waals surface area contributed by atoms with Crippen LogP contribution in [0.15, 0.2) is 33.5 Å². The van der Waals surface area contributed by atoms with Gasteiger partial charge in [0, 0.05) is 54.5 Å². The van der Waals surface area contributed by atoms with E-state index in [9.17, 15) is 39.9 Å². The molecule has 0 radical (unpaired) electrons. The van der Waals surface area contributed by atoms with Crippen molar-refractivity contribution in [3.05, 3.63) is 73.6 Å². The van der Waals surface area contributed by atoms with Crippen molar-refractivity contribution in [3.8, 4) is 5.75 Å². The van der Waals surface area contributed by atoms with E-state index in [1.807, 2.05) is 32.8 Å². The molecule has 4 saturated heterocycles. The lowest BCUT2D eigenvalue weighted by Crippen LogP contribution is -2.65. The van der Waals surface area contributed by atoms with Crippen LogP contribution < -0.4 is 5.43 Å². The Kier molecular flexibility index (Phi) is 12.5. The van der Waals surface area contributed by atoms with Crippen LogP contribution in [0.25, 0.3) is 11.0 Å². The Morgan fingerprint density at radius 2 is 1.52 bits per heavy atom. The summed E-state index contributed by atoms with van der Waals surface area (Å²) in [5.74, 6) is -3.77. The van der Waals surface area contributed by atoms with Crippen LogP contribution >= 0.6 is 0 Å². The highest BCUT2D eigenvalue weighted by Crippen LogP contribution is 2.50. The number of epoxide rings is 1. The van der Waals surface area contributed by atoms with Crippen molar-refractivity contribution in [2.24, 2.45) is 0 Å². The molecule has 4 aliphatic heterocycles. The predicted molar refractivity (Wildman–Crippen MR) is 229 cm³/mol. The maximum Gasteiger partial charge on any atom is 0.345 e. The van der Waals surface area contributed by atoms with Crippen LogP contribution in [0.3, 0.4) is 0 Å².